The molecule has 6 nitrogen and oxygen atoms in total. The second-order valence-electron chi connectivity index (χ2n) is 8.74. The Labute approximate surface area is 158 Å². The van der Waals surface area contributed by atoms with E-state index in [1.165, 1.54) is 19.3 Å². The Kier molecular flexibility index (Phi) is 4.02. The quantitative estimate of drug-likeness (QED) is 0.806. The Morgan fingerprint density at radius 2 is 1.70 bits per heavy atom. The highest BCUT2D eigenvalue weighted by atomic mass is 16.7. The molecule has 1 aromatic rings. The summed E-state index contributed by atoms with van der Waals surface area (Å²) in [5.74, 6) is 3.03. The van der Waals surface area contributed by atoms with Gasteiger partial charge in [-0.25, -0.2) is 0 Å². The van der Waals surface area contributed by atoms with E-state index in [-0.39, 0.29) is 30.7 Å². The Morgan fingerprint density at radius 1 is 1.04 bits per heavy atom. The Hall–Kier alpha value is -2.24. The van der Waals surface area contributed by atoms with E-state index < -0.39 is 0 Å². The molecule has 6 rings (SSSR count). The van der Waals surface area contributed by atoms with Gasteiger partial charge in [0.2, 0.25) is 6.79 Å². The lowest BCUT2D eigenvalue weighted by Gasteiger charge is -2.55. The zero-order chi connectivity index (χ0) is 18.4. The maximum atomic E-state index is 12.8. The van der Waals surface area contributed by atoms with E-state index in [9.17, 15) is 9.59 Å². The van der Waals surface area contributed by atoms with Crippen LogP contribution in [0.25, 0.3) is 0 Å². The summed E-state index contributed by atoms with van der Waals surface area (Å²) >= 11 is 0. The summed E-state index contributed by atoms with van der Waals surface area (Å²) in [6.45, 7) is 0.390. The molecule has 1 amide bonds. The third-order valence-electron chi connectivity index (χ3n) is 6.73. The number of nitrogens with one attached hydrogen (secondary N) is 1. The van der Waals surface area contributed by atoms with Gasteiger partial charge in [0.1, 0.15) is 0 Å². The summed E-state index contributed by atoms with van der Waals surface area (Å²) in [5.41, 5.74) is 0.604. The highest BCUT2D eigenvalue weighted by Crippen LogP contribution is 2.60. The van der Waals surface area contributed by atoms with Gasteiger partial charge in [0, 0.05) is 6.54 Å². The van der Waals surface area contributed by atoms with Gasteiger partial charge < -0.3 is 19.5 Å². The van der Waals surface area contributed by atoms with E-state index in [1.54, 1.807) is 0 Å². The predicted molar refractivity (Wildman–Crippen MR) is 96.0 cm³/mol. The number of fused-ring (bicyclic) bond motifs is 1. The highest BCUT2D eigenvalue weighted by Gasteiger charge is 2.55. The first kappa shape index (κ1) is 16.9. The van der Waals surface area contributed by atoms with Crippen molar-refractivity contribution in [2.75, 3.05) is 13.4 Å². The molecular formula is C21H25NO5. The minimum Gasteiger partial charge on any atom is -0.455 e. The largest absolute Gasteiger partial charge is 0.455 e. The summed E-state index contributed by atoms with van der Waals surface area (Å²) in [7, 11) is 0. The lowest BCUT2D eigenvalue weighted by Crippen LogP contribution is -2.51. The molecule has 6 heteroatoms. The smallest absolute Gasteiger partial charge is 0.312 e. The van der Waals surface area contributed by atoms with E-state index in [0.717, 1.165) is 30.6 Å². The van der Waals surface area contributed by atoms with Crippen molar-refractivity contribution in [2.24, 2.45) is 23.2 Å². The Balaban J connectivity index is 1.13. The number of amides is 1. The van der Waals surface area contributed by atoms with Crippen LogP contribution in [0.15, 0.2) is 18.2 Å². The first-order chi connectivity index (χ1) is 13.1. The van der Waals surface area contributed by atoms with Crippen molar-refractivity contribution >= 4 is 11.9 Å². The van der Waals surface area contributed by atoms with E-state index in [0.29, 0.717) is 30.0 Å². The Bertz CT molecular complexity index is 739. The third-order valence-corrected chi connectivity index (χ3v) is 6.73. The number of esters is 1. The lowest BCUT2D eigenvalue weighted by molar-refractivity contribution is -0.173. The van der Waals surface area contributed by atoms with Gasteiger partial charge in [0.05, 0.1) is 5.41 Å². The zero-order valence-electron chi connectivity index (χ0n) is 15.4. The van der Waals surface area contributed by atoms with E-state index in [4.69, 9.17) is 14.2 Å². The van der Waals surface area contributed by atoms with Gasteiger partial charge in [0.25, 0.3) is 5.91 Å². The number of carbonyl (C=O) groups is 2. The topological polar surface area (TPSA) is 73.9 Å². The summed E-state index contributed by atoms with van der Waals surface area (Å²) in [6.07, 6.45) is 6.71. The molecule has 27 heavy (non-hydrogen) atoms. The second kappa shape index (κ2) is 6.43. The SMILES string of the molecule is O=C(COC(=O)C12CC3CC(CC(C3)C1)C2)NCc1ccc2c(c1)OCO2. The van der Waals surface area contributed by atoms with Crippen LogP contribution in [0.2, 0.25) is 0 Å². The molecule has 4 fully saturated rings. The molecule has 144 valence electrons. The van der Waals surface area contributed by atoms with Crippen LogP contribution in [0.1, 0.15) is 44.1 Å². The van der Waals surface area contributed by atoms with Crippen LogP contribution in [0.5, 0.6) is 11.5 Å². The van der Waals surface area contributed by atoms with Crippen LogP contribution >= 0.6 is 0 Å². The normalized spacial score (nSPS) is 32.4. The third kappa shape index (κ3) is 3.15. The molecule has 0 atom stereocenters. The lowest BCUT2D eigenvalue weighted by atomic mass is 9.49. The monoisotopic (exact) mass is 371 g/mol. The van der Waals surface area contributed by atoms with E-state index in [2.05, 4.69) is 5.32 Å². The average Bonchev–Trinajstić information content (AvgIpc) is 3.11. The Morgan fingerprint density at radius 3 is 2.41 bits per heavy atom. The molecule has 0 saturated heterocycles. The molecule has 1 heterocycles. The van der Waals surface area contributed by atoms with Crippen molar-refractivity contribution in [2.45, 2.75) is 45.1 Å². The average molecular weight is 371 g/mol. The standard InChI is InChI=1S/C21H25NO5/c23-19(22-10-13-1-2-17-18(6-13)27-12-26-17)11-25-20(24)21-7-14-3-15(8-21)5-16(4-14)9-21/h1-2,6,14-16H,3-5,7-12H2,(H,22,23). The van der Waals surface area contributed by atoms with Crippen LogP contribution < -0.4 is 14.8 Å². The number of carbonyl (C=O) groups excluding carboxylic acids is 2. The van der Waals surface area contributed by atoms with Crippen LogP contribution in [0.4, 0.5) is 0 Å². The number of hydrogen-bond acceptors (Lipinski definition) is 5. The summed E-state index contributed by atoms with van der Waals surface area (Å²) in [5, 5.41) is 2.81. The first-order valence-electron chi connectivity index (χ1n) is 9.92. The van der Waals surface area contributed by atoms with Crippen molar-refractivity contribution in [3.63, 3.8) is 0 Å². The zero-order valence-corrected chi connectivity index (χ0v) is 15.4. The van der Waals surface area contributed by atoms with Gasteiger partial charge in [-0.15, -0.1) is 0 Å². The highest BCUT2D eigenvalue weighted by molar-refractivity contribution is 5.83. The fraction of sp³-hybridized carbons (Fsp3) is 0.619. The molecular weight excluding hydrogens is 346 g/mol. The number of ether oxygens (including phenoxy) is 3. The van der Waals surface area contributed by atoms with Crippen molar-refractivity contribution in [3.8, 4) is 11.5 Å². The predicted octanol–water partition coefficient (Wildman–Crippen LogP) is 2.79. The molecule has 4 saturated carbocycles. The van der Waals surface area contributed by atoms with Gasteiger partial charge in [-0.2, -0.15) is 0 Å². The number of benzene rings is 1. The van der Waals surface area contributed by atoms with Crippen LogP contribution in [0, 0.1) is 23.2 Å². The van der Waals surface area contributed by atoms with Crippen LogP contribution in [0.3, 0.4) is 0 Å². The van der Waals surface area contributed by atoms with E-state index in [1.807, 2.05) is 18.2 Å². The molecule has 1 aromatic carbocycles. The van der Waals surface area contributed by atoms with Crippen molar-refractivity contribution in [1.82, 2.24) is 5.32 Å². The number of hydrogen-bond donors (Lipinski definition) is 1. The summed E-state index contributed by atoms with van der Waals surface area (Å²) in [6, 6.07) is 5.57. The molecule has 0 unspecified atom stereocenters. The van der Waals surface area contributed by atoms with Crippen LogP contribution in [-0.4, -0.2) is 25.3 Å². The minimum absolute atomic E-state index is 0.153. The molecule has 4 aliphatic carbocycles. The fourth-order valence-electron chi connectivity index (χ4n) is 5.95. The second-order valence-corrected chi connectivity index (χ2v) is 8.74. The van der Waals surface area contributed by atoms with Crippen molar-refractivity contribution < 1.29 is 23.8 Å². The molecule has 0 spiro atoms. The summed E-state index contributed by atoms with van der Waals surface area (Å²) in [4.78, 5) is 24.9. The van der Waals surface area contributed by atoms with Gasteiger partial charge >= 0.3 is 5.97 Å². The van der Waals surface area contributed by atoms with Gasteiger partial charge in [-0.3, -0.25) is 9.59 Å². The van der Waals surface area contributed by atoms with E-state index >= 15 is 0 Å². The maximum absolute atomic E-state index is 12.8. The fourth-order valence-corrected chi connectivity index (χ4v) is 5.95. The van der Waals surface area contributed by atoms with Gasteiger partial charge in [0.15, 0.2) is 18.1 Å². The molecule has 1 N–H and O–H groups in total. The molecule has 1 aliphatic heterocycles. The van der Waals surface area contributed by atoms with Gasteiger partial charge in [-0.1, -0.05) is 6.07 Å². The van der Waals surface area contributed by atoms with Gasteiger partial charge in [-0.05, 0) is 74.0 Å². The molecule has 0 radical (unpaired) electrons. The molecule has 4 bridgehead atoms. The van der Waals surface area contributed by atoms with Crippen molar-refractivity contribution in [3.05, 3.63) is 23.8 Å². The van der Waals surface area contributed by atoms with Crippen LogP contribution in [-0.2, 0) is 20.9 Å². The minimum atomic E-state index is -0.313. The summed E-state index contributed by atoms with van der Waals surface area (Å²) < 4.78 is 16.1. The first-order valence-corrected chi connectivity index (χ1v) is 9.92. The molecule has 0 aromatic heterocycles. The van der Waals surface area contributed by atoms with Crippen molar-refractivity contribution in [1.29, 1.82) is 0 Å². The molecule has 5 aliphatic rings. The number of rotatable bonds is 5. The maximum Gasteiger partial charge on any atom is 0.312 e.